The molecule has 1 aromatic rings. The van der Waals surface area contributed by atoms with Crippen molar-refractivity contribution in [2.24, 2.45) is 0 Å². The number of aliphatic carboxylic acids is 1. The van der Waals surface area contributed by atoms with Crippen LogP contribution in [-0.4, -0.2) is 27.1 Å². The Morgan fingerprint density at radius 2 is 2.11 bits per heavy atom. The highest BCUT2D eigenvalue weighted by Gasteiger charge is 2.14. The van der Waals surface area contributed by atoms with E-state index in [0.29, 0.717) is 11.9 Å². The van der Waals surface area contributed by atoms with Gasteiger partial charge in [-0.05, 0) is 25.3 Å². The molecule has 0 aliphatic rings. The molecule has 0 aromatic carbocycles. The summed E-state index contributed by atoms with van der Waals surface area (Å²) in [6.45, 7) is 8.11. The van der Waals surface area contributed by atoms with Crippen molar-refractivity contribution in [2.45, 2.75) is 58.9 Å². The van der Waals surface area contributed by atoms with Gasteiger partial charge in [0.15, 0.2) is 0 Å². The second-order valence-electron chi connectivity index (χ2n) is 5.14. The van der Waals surface area contributed by atoms with Crippen LogP contribution < -0.4 is 5.32 Å². The van der Waals surface area contributed by atoms with Crippen LogP contribution >= 0.6 is 0 Å². The van der Waals surface area contributed by atoms with Gasteiger partial charge in [0, 0.05) is 17.4 Å². The molecule has 106 valence electrons. The molecule has 0 radical (unpaired) electrons. The highest BCUT2D eigenvalue weighted by Crippen LogP contribution is 2.16. The largest absolute Gasteiger partial charge is 0.481 e. The van der Waals surface area contributed by atoms with Crippen molar-refractivity contribution in [2.75, 3.05) is 5.32 Å². The number of carboxylic acid groups (broad SMARTS) is 1. The molecule has 5 nitrogen and oxygen atoms in total. The number of hydrogen-bond donors (Lipinski definition) is 2. The molecule has 1 unspecified atom stereocenters. The lowest BCUT2D eigenvalue weighted by molar-refractivity contribution is -0.137. The molecule has 2 N–H and O–H groups in total. The lowest BCUT2D eigenvalue weighted by Gasteiger charge is -2.17. The summed E-state index contributed by atoms with van der Waals surface area (Å²) in [5.41, 5.74) is 1.87. The Labute approximate surface area is 114 Å². The van der Waals surface area contributed by atoms with Crippen molar-refractivity contribution < 1.29 is 9.90 Å². The number of carbonyl (C=O) groups is 1. The standard InChI is InChI=1S/C14H23N3O2/c1-5-6-11(8-13(18)19)16-14-15-10(4)7-12(17-14)9(2)3/h7,9,11H,5-6,8H2,1-4H3,(H,18,19)(H,15,16,17). The molecule has 1 atom stereocenters. The first-order valence-corrected chi connectivity index (χ1v) is 6.76. The van der Waals surface area contributed by atoms with Gasteiger partial charge in [0.1, 0.15) is 0 Å². The van der Waals surface area contributed by atoms with E-state index in [-0.39, 0.29) is 12.5 Å². The Kier molecular flexibility index (Phi) is 5.73. The molecule has 1 heterocycles. The summed E-state index contributed by atoms with van der Waals surface area (Å²) < 4.78 is 0. The molecule has 0 aliphatic carbocycles. The zero-order chi connectivity index (χ0) is 14.4. The number of nitrogens with one attached hydrogen (secondary N) is 1. The summed E-state index contributed by atoms with van der Waals surface area (Å²) in [5, 5.41) is 12.0. The van der Waals surface area contributed by atoms with Gasteiger partial charge in [0.25, 0.3) is 0 Å². The van der Waals surface area contributed by atoms with Gasteiger partial charge in [-0.3, -0.25) is 4.79 Å². The minimum atomic E-state index is -0.803. The van der Waals surface area contributed by atoms with Crippen molar-refractivity contribution >= 4 is 11.9 Å². The van der Waals surface area contributed by atoms with Crippen LogP contribution in [0.4, 0.5) is 5.95 Å². The van der Waals surface area contributed by atoms with E-state index in [2.05, 4.69) is 29.1 Å². The third-order valence-electron chi connectivity index (χ3n) is 2.86. The fourth-order valence-electron chi connectivity index (χ4n) is 1.92. The molecule has 0 fully saturated rings. The van der Waals surface area contributed by atoms with Crippen LogP contribution in [0.3, 0.4) is 0 Å². The minimum absolute atomic E-state index is 0.0855. The van der Waals surface area contributed by atoms with Gasteiger partial charge in [-0.15, -0.1) is 0 Å². The topological polar surface area (TPSA) is 75.1 Å². The second-order valence-corrected chi connectivity index (χ2v) is 5.14. The number of aromatic nitrogens is 2. The van der Waals surface area contributed by atoms with Crippen molar-refractivity contribution in [1.82, 2.24) is 9.97 Å². The van der Waals surface area contributed by atoms with Crippen LogP contribution in [0.25, 0.3) is 0 Å². The van der Waals surface area contributed by atoms with Crippen LogP contribution in [0.5, 0.6) is 0 Å². The lowest BCUT2D eigenvalue weighted by Crippen LogP contribution is -2.24. The van der Waals surface area contributed by atoms with E-state index in [0.717, 1.165) is 24.2 Å². The van der Waals surface area contributed by atoms with Crippen LogP contribution in [0.15, 0.2) is 6.07 Å². The van der Waals surface area contributed by atoms with Gasteiger partial charge in [0.05, 0.1) is 6.42 Å². The maximum absolute atomic E-state index is 10.8. The molecule has 0 amide bonds. The van der Waals surface area contributed by atoms with Crippen molar-refractivity contribution in [3.05, 3.63) is 17.5 Å². The van der Waals surface area contributed by atoms with Gasteiger partial charge >= 0.3 is 5.97 Å². The molecule has 19 heavy (non-hydrogen) atoms. The molecule has 0 aliphatic heterocycles. The number of anilines is 1. The maximum Gasteiger partial charge on any atom is 0.305 e. The van der Waals surface area contributed by atoms with Gasteiger partial charge in [-0.1, -0.05) is 27.2 Å². The van der Waals surface area contributed by atoms with E-state index in [4.69, 9.17) is 5.11 Å². The van der Waals surface area contributed by atoms with E-state index in [1.54, 1.807) is 0 Å². The molecule has 0 spiro atoms. The molecule has 0 saturated heterocycles. The molecule has 0 saturated carbocycles. The maximum atomic E-state index is 10.8. The number of hydrogen-bond acceptors (Lipinski definition) is 4. The quantitative estimate of drug-likeness (QED) is 0.792. The number of nitrogens with zero attached hydrogens (tertiary/aromatic N) is 2. The average Bonchev–Trinajstić information content (AvgIpc) is 2.27. The zero-order valence-electron chi connectivity index (χ0n) is 12.1. The molecule has 0 bridgehead atoms. The molecule has 5 heteroatoms. The average molecular weight is 265 g/mol. The highest BCUT2D eigenvalue weighted by molar-refractivity contribution is 5.68. The first-order valence-electron chi connectivity index (χ1n) is 6.76. The van der Waals surface area contributed by atoms with Gasteiger partial charge in [-0.2, -0.15) is 0 Å². The fraction of sp³-hybridized carbons (Fsp3) is 0.643. The van der Waals surface area contributed by atoms with Gasteiger partial charge in [0.2, 0.25) is 5.95 Å². The van der Waals surface area contributed by atoms with E-state index >= 15 is 0 Å². The zero-order valence-corrected chi connectivity index (χ0v) is 12.1. The molecular formula is C14H23N3O2. The summed E-state index contributed by atoms with van der Waals surface area (Å²) in [5.74, 6) is 0.0532. The van der Waals surface area contributed by atoms with E-state index in [1.165, 1.54) is 0 Å². The highest BCUT2D eigenvalue weighted by atomic mass is 16.4. The lowest BCUT2D eigenvalue weighted by atomic mass is 10.1. The van der Waals surface area contributed by atoms with Crippen LogP contribution in [-0.2, 0) is 4.79 Å². The molecule has 1 rings (SSSR count). The van der Waals surface area contributed by atoms with Crippen molar-refractivity contribution in [3.63, 3.8) is 0 Å². The van der Waals surface area contributed by atoms with Crippen LogP contribution in [0.1, 0.15) is 57.3 Å². The monoisotopic (exact) mass is 265 g/mol. The SMILES string of the molecule is CCCC(CC(=O)O)Nc1nc(C)cc(C(C)C)n1. The number of carboxylic acids is 1. The number of aryl methyl sites for hydroxylation is 1. The fourth-order valence-corrected chi connectivity index (χ4v) is 1.92. The van der Waals surface area contributed by atoms with Crippen molar-refractivity contribution in [1.29, 1.82) is 0 Å². The summed E-state index contributed by atoms with van der Waals surface area (Å²) in [4.78, 5) is 19.6. The normalized spacial score (nSPS) is 12.5. The summed E-state index contributed by atoms with van der Waals surface area (Å²) in [7, 11) is 0. The minimum Gasteiger partial charge on any atom is -0.481 e. The van der Waals surface area contributed by atoms with E-state index in [1.807, 2.05) is 19.9 Å². The number of rotatable bonds is 7. The predicted octanol–water partition coefficient (Wildman–Crippen LogP) is 2.96. The Hall–Kier alpha value is -1.65. The summed E-state index contributed by atoms with van der Waals surface area (Å²) >= 11 is 0. The summed E-state index contributed by atoms with van der Waals surface area (Å²) in [6.07, 6.45) is 1.80. The van der Waals surface area contributed by atoms with Crippen LogP contribution in [0.2, 0.25) is 0 Å². The Bertz CT molecular complexity index is 433. The van der Waals surface area contributed by atoms with Crippen LogP contribution in [0, 0.1) is 6.92 Å². The smallest absolute Gasteiger partial charge is 0.305 e. The third kappa shape index (κ3) is 5.24. The Balaban J connectivity index is 2.85. The Morgan fingerprint density at radius 3 is 2.63 bits per heavy atom. The van der Waals surface area contributed by atoms with Gasteiger partial charge in [-0.25, -0.2) is 9.97 Å². The third-order valence-corrected chi connectivity index (χ3v) is 2.86. The molecule has 1 aromatic heterocycles. The first kappa shape index (κ1) is 15.4. The first-order chi connectivity index (χ1) is 8.92. The van der Waals surface area contributed by atoms with E-state index < -0.39 is 5.97 Å². The second kappa shape index (κ2) is 7.07. The Morgan fingerprint density at radius 1 is 1.42 bits per heavy atom. The van der Waals surface area contributed by atoms with Crippen molar-refractivity contribution in [3.8, 4) is 0 Å². The van der Waals surface area contributed by atoms with Gasteiger partial charge < -0.3 is 10.4 Å². The molecular weight excluding hydrogens is 242 g/mol. The predicted molar refractivity (Wildman–Crippen MR) is 75.4 cm³/mol. The summed E-state index contributed by atoms with van der Waals surface area (Å²) in [6, 6.07) is 1.84. The van der Waals surface area contributed by atoms with E-state index in [9.17, 15) is 4.79 Å².